The van der Waals surface area contributed by atoms with Crippen LogP contribution in [-0.2, 0) is 10.0 Å². The standard InChI is InChI=1S/C20H16FN3O2S/c1-27(25,26)23-18-4-2-3-16(11-18)19-13-22-20-12-15(9-10-24(19)20)14-5-7-17(21)8-6-14/h2-13,23H,1H3. The first kappa shape index (κ1) is 17.2. The predicted molar refractivity (Wildman–Crippen MR) is 104 cm³/mol. The molecule has 4 rings (SSSR count). The van der Waals surface area contributed by atoms with E-state index in [1.54, 1.807) is 36.5 Å². The summed E-state index contributed by atoms with van der Waals surface area (Å²) in [4.78, 5) is 4.45. The number of aromatic nitrogens is 2. The van der Waals surface area contributed by atoms with Gasteiger partial charge in [-0.05, 0) is 47.5 Å². The summed E-state index contributed by atoms with van der Waals surface area (Å²) in [6.07, 6.45) is 4.75. The number of anilines is 1. The molecular weight excluding hydrogens is 365 g/mol. The lowest BCUT2D eigenvalue weighted by Gasteiger charge is -2.08. The number of hydrogen-bond donors (Lipinski definition) is 1. The van der Waals surface area contributed by atoms with Crippen molar-refractivity contribution in [1.82, 2.24) is 9.38 Å². The van der Waals surface area contributed by atoms with Gasteiger partial charge in [0.1, 0.15) is 11.5 Å². The molecular formula is C20H16FN3O2S. The lowest BCUT2D eigenvalue weighted by molar-refractivity contribution is 0.607. The number of imidazole rings is 1. The van der Waals surface area contributed by atoms with Gasteiger partial charge in [-0.25, -0.2) is 17.8 Å². The molecule has 4 aromatic rings. The Balaban J connectivity index is 1.74. The van der Waals surface area contributed by atoms with Crippen LogP contribution in [0.25, 0.3) is 28.0 Å². The minimum Gasteiger partial charge on any atom is -0.300 e. The zero-order chi connectivity index (χ0) is 19.0. The van der Waals surface area contributed by atoms with Crippen molar-refractivity contribution in [2.24, 2.45) is 0 Å². The molecule has 0 radical (unpaired) electrons. The van der Waals surface area contributed by atoms with Crippen LogP contribution in [0.3, 0.4) is 0 Å². The van der Waals surface area contributed by atoms with Crippen LogP contribution in [0.5, 0.6) is 0 Å². The summed E-state index contributed by atoms with van der Waals surface area (Å²) in [5, 5.41) is 0. The third-order valence-corrected chi connectivity index (χ3v) is 4.76. The minimum atomic E-state index is -3.34. The fraction of sp³-hybridized carbons (Fsp3) is 0.0500. The number of fused-ring (bicyclic) bond motifs is 1. The van der Waals surface area contributed by atoms with E-state index in [1.165, 1.54) is 12.1 Å². The highest BCUT2D eigenvalue weighted by atomic mass is 32.2. The Morgan fingerprint density at radius 1 is 0.963 bits per heavy atom. The second kappa shape index (κ2) is 6.51. The quantitative estimate of drug-likeness (QED) is 0.577. The summed E-state index contributed by atoms with van der Waals surface area (Å²) in [7, 11) is -3.34. The molecule has 0 bridgehead atoms. The third-order valence-electron chi connectivity index (χ3n) is 4.15. The molecule has 2 aromatic carbocycles. The van der Waals surface area contributed by atoms with Crippen LogP contribution < -0.4 is 4.72 Å². The van der Waals surface area contributed by atoms with Crippen LogP contribution in [0.15, 0.2) is 73.1 Å². The predicted octanol–water partition coefficient (Wildman–Crippen LogP) is 4.18. The van der Waals surface area contributed by atoms with Gasteiger partial charge in [0, 0.05) is 17.4 Å². The number of rotatable bonds is 4. The van der Waals surface area contributed by atoms with Gasteiger partial charge >= 0.3 is 0 Å². The van der Waals surface area contributed by atoms with Gasteiger partial charge in [-0.3, -0.25) is 9.12 Å². The molecule has 0 unspecified atom stereocenters. The molecule has 0 spiro atoms. The van der Waals surface area contributed by atoms with Crippen LogP contribution in [0.4, 0.5) is 10.1 Å². The lowest BCUT2D eigenvalue weighted by atomic mass is 10.1. The molecule has 0 saturated carbocycles. The summed E-state index contributed by atoms with van der Waals surface area (Å²) in [6.45, 7) is 0. The van der Waals surface area contributed by atoms with E-state index in [9.17, 15) is 12.8 Å². The Kier molecular flexibility index (Phi) is 4.16. The topological polar surface area (TPSA) is 63.5 Å². The number of pyridine rings is 1. The van der Waals surface area contributed by atoms with E-state index in [1.807, 2.05) is 28.8 Å². The fourth-order valence-corrected chi connectivity index (χ4v) is 3.53. The van der Waals surface area contributed by atoms with Gasteiger partial charge in [0.25, 0.3) is 0 Å². The molecule has 0 atom stereocenters. The monoisotopic (exact) mass is 381 g/mol. The number of nitrogens with one attached hydrogen (secondary N) is 1. The SMILES string of the molecule is CS(=O)(=O)Nc1cccc(-c2cnc3cc(-c4ccc(F)cc4)ccn23)c1. The van der Waals surface area contributed by atoms with E-state index in [0.29, 0.717) is 5.69 Å². The first-order valence-electron chi connectivity index (χ1n) is 8.20. The van der Waals surface area contributed by atoms with E-state index in [4.69, 9.17) is 0 Å². The molecule has 0 aliphatic carbocycles. The van der Waals surface area contributed by atoms with Crippen molar-refractivity contribution in [2.75, 3.05) is 11.0 Å². The summed E-state index contributed by atoms with van der Waals surface area (Å²) in [5.74, 6) is -0.273. The van der Waals surface area contributed by atoms with Gasteiger partial charge < -0.3 is 0 Å². The fourth-order valence-electron chi connectivity index (χ4n) is 2.97. The highest BCUT2D eigenvalue weighted by Gasteiger charge is 2.09. The normalized spacial score (nSPS) is 11.6. The molecule has 0 aliphatic rings. The number of sulfonamides is 1. The highest BCUT2D eigenvalue weighted by Crippen LogP contribution is 2.27. The summed E-state index contributed by atoms with van der Waals surface area (Å²) >= 11 is 0. The molecule has 1 N–H and O–H groups in total. The first-order chi connectivity index (χ1) is 12.9. The third kappa shape index (κ3) is 3.68. The van der Waals surface area contributed by atoms with Gasteiger partial charge in [-0.1, -0.05) is 24.3 Å². The van der Waals surface area contributed by atoms with Gasteiger partial charge in [-0.2, -0.15) is 0 Å². The van der Waals surface area contributed by atoms with Crippen LogP contribution in [0.2, 0.25) is 0 Å². The number of nitrogens with zero attached hydrogens (tertiary/aromatic N) is 2. The van der Waals surface area contributed by atoms with Gasteiger partial charge in [0.05, 0.1) is 18.1 Å². The molecule has 7 heteroatoms. The molecule has 5 nitrogen and oxygen atoms in total. The van der Waals surface area contributed by atoms with E-state index in [-0.39, 0.29) is 5.82 Å². The number of benzene rings is 2. The lowest BCUT2D eigenvalue weighted by Crippen LogP contribution is -2.09. The van der Waals surface area contributed by atoms with Crippen LogP contribution in [0.1, 0.15) is 0 Å². The van der Waals surface area contributed by atoms with Crippen LogP contribution in [-0.4, -0.2) is 24.1 Å². The Morgan fingerprint density at radius 3 is 2.48 bits per heavy atom. The average molecular weight is 381 g/mol. The molecule has 27 heavy (non-hydrogen) atoms. The average Bonchev–Trinajstić information content (AvgIpc) is 3.04. The second-order valence-electron chi connectivity index (χ2n) is 6.25. The molecule has 0 saturated heterocycles. The molecule has 0 aliphatic heterocycles. The van der Waals surface area contributed by atoms with E-state index < -0.39 is 10.0 Å². The molecule has 0 fully saturated rings. The largest absolute Gasteiger partial charge is 0.300 e. The van der Waals surface area contributed by atoms with Crippen molar-refractivity contribution in [1.29, 1.82) is 0 Å². The molecule has 136 valence electrons. The Hall–Kier alpha value is -3.19. The Bertz CT molecular complexity index is 1230. The van der Waals surface area contributed by atoms with Crippen LogP contribution >= 0.6 is 0 Å². The highest BCUT2D eigenvalue weighted by molar-refractivity contribution is 7.92. The van der Waals surface area contributed by atoms with Crippen molar-refractivity contribution >= 4 is 21.4 Å². The van der Waals surface area contributed by atoms with Crippen molar-refractivity contribution < 1.29 is 12.8 Å². The van der Waals surface area contributed by atoms with E-state index in [0.717, 1.165) is 34.3 Å². The van der Waals surface area contributed by atoms with E-state index in [2.05, 4.69) is 9.71 Å². The van der Waals surface area contributed by atoms with Gasteiger partial charge in [-0.15, -0.1) is 0 Å². The Morgan fingerprint density at radius 2 is 1.74 bits per heavy atom. The van der Waals surface area contributed by atoms with Gasteiger partial charge in [0.2, 0.25) is 10.0 Å². The van der Waals surface area contributed by atoms with Crippen molar-refractivity contribution in [3.63, 3.8) is 0 Å². The summed E-state index contributed by atoms with van der Waals surface area (Å²) < 4.78 is 40.4. The second-order valence-corrected chi connectivity index (χ2v) is 8.00. The Labute approximate surface area is 156 Å². The molecule has 2 aromatic heterocycles. The van der Waals surface area contributed by atoms with Crippen molar-refractivity contribution in [3.8, 4) is 22.4 Å². The maximum absolute atomic E-state index is 13.1. The molecule has 2 heterocycles. The number of hydrogen-bond acceptors (Lipinski definition) is 3. The zero-order valence-corrected chi connectivity index (χ0v) is 15.2. The number of halogens is 1. The first-order valence-corrected chi connectivity index (χ1v) is 10.1. The van der Waals surface area contributed by atoms with Crippen LogP contribution in [0, 0.1) is 5.82 Å². The maximum Gasteiger partial charge on any atom is 0.229 e. The van der Waals surface area contributed by atoms with Gasteiger partial charge in [0.15, 0.2) is 0 Å². The zero-order valence-electron chi connectivity index (χ0n) is 14.4. The smallest absolute Gasteiger partial charge is 0.229 e. The van der Waals surface area contributed by atoms with Crippen molar-refractivity contribution in [2.45, 2.75) is 0 Å². The maximum atomic E-state index is 13.1. The minimum absolute atomic E-state index is 0.273. The molecule has 0 amide bonds. The summed E-state index contributed by atoms with van der Waals surface area (Å²) in [5.41, 5.74) is 4.76. The van der Waals surface area contributed by atoms with Crippen molar-refractivity contribution in [3.05, 3.63) is 78.9 Å². The summed E-state index contributed by atoms with van der Waals surface area (Å²) in [6, 6.07) is 17.3. The van der Waals surface area contributed by atoms with E-state index >= 15 is 0 Å².